The number of phenolic OH excluding ortho intramolecular Hbond substituents is 2. The van der Waals surface area contributed by atoms with Gasteiger partial charge in [0.1, 0.15) is 0 Å². The van der Waals surface area contributed by atoms with Gasteiger partial charge in [0.25, 0.3) is 5.91 Å². The largest absolute Gasteiger partial charge is 0.504 e. The minimum absolute atomic E-state index is 0.0841. The summed E-state index contributed by atoms with van der Waals surface area (Å²) in [6, 6.07) is 12.4. The molecule has 0 fully saturated rings. The quantitative estimate of drug-likeness (QED) is 0.746. The first kappa shape index (κ1) is 14.4. The lowest BCUT2D eigenvalue weighted by Crippen LogP contribution is -2.35. The highest BCUT2D eigenvalue weighted by Crippen LogP contribution is 2.35. The molecule has 0 saturated carbocycles. The molecule has 3 rings (SSSR count). The van der Waals surface area contributed by atoms with E-state index in [-0.39, 0.29) is 29.0 Å². The number of aromatic hydroxyl groups is 2. The molecule has 0 aromatic heterocycles. The first-order valence-electron chi connectivity index (χ1n) is 7.47. The fourth-order valence-electron chi connectivity index (χ4n) is 3.08. The molecular weight excluding hydrogens is 278 g/mol. The van der Waals surface area contributed by atoms with Crippen LogP contribution in [-0.4, -0.2) is 16.1 Å². The van der Waals surface area contributed by atoms with Gasteiger partial charge >= 0.3 is 0 Å². The van der Waals surface area contributed by atoms with E-state index in [0.29, 0.717) is 5.92 Å². The highest BCUT2D eigenvalue weighted by molar-refractivity contribution is 5.97. The standard InChI is InChI=1S/C18H19NO3/c1-11-9-10-12-5-2-3-6-13(12)16(11)19-18(22)14-7-4-8-15(20)17(14)21/h2-8,11,16,20-21H,9-10H2,1H3,(H,19,22). The highest BCUT2D eigenvalue weighted by atomic mass is 16.3. The van der Waals surface area contributed by atoms with E-state index in [4.69, 9.17) is 0 Å². The van der Waals surface area contributed by atoms with Gasteiger partial charge in [0, 0.05) is 0 Å². The van der Waals surface area contributed by atoms with Crippen molar-refractivity contribution < 1.29 is 15.0 Å². The van der Waals surface area contributed by atoms with Gasteiger partial charge in [-0.05, 0) is 42.0 Å². The molecule has 114 valence electrons. The molecule has 4 heteroatoms. The SMILES string of the molecule is CC1CCc2ccccc2C1NC(=O)c1cccc(O)c1O. The predicted octanol–water partition coefficient (Wildman–Crippen LogP) is 3.15. The van der Waals surface area contributed by atoms with E-state index < -0.39 is 0 Å². The number of nitrogens with one attached hydrogen (secondary N) is 1. The molecule has 2 aromatic rings. The van der Waals surface area contributed by atoms with Crippen molar-refractivity contribution in [2.75, 3.05) is 0 Å². The normalized spacial score (nSPS) is 20.2. The van der Waals surface area contributed by atoms with Crippen LogP contribution < -0.4 is 5.32 Å². The molecule has 2 unspecified atom stereocenters. The number of fused-ring (bicyclic) bond motifs is 1. The lowest BCUT2D eigenvalue weighted by atomic mass is 9.80. The van der Waals surface area contributed by atoms with Gasteiger partial charge in [-0.2, -0.15) is 0 Å². The number of phenols is 2. The lowest BCUT2D eigenvalue weighted by Gasteiger charge is -2.32. The molecule has 0 bridgehead atoms. The Morgan fingerprint density at radius 2 is 1.91 bits per heavy atom. The fourth-order valence-corrected chi connectivity index (χ4v) is 3.08. The molecule has 0 spiro atoms. The average molecular weight is 297 g/mol. The third-order valence-electron chi connectivity index (χ3n) is 4.37. The summed E-state index contributed by atoms with van der Waals surface area (Å²) in [6.07, 6.45) is 2.02. The Kier molecular flexibility index (Phi) is 3.75. The number of rotatable bonds is 2. The Labute approximate surface area is 129 Å². The summed E-state index contributed by atoms with van der Waals surface area (Å²) >= 11 is 0. The number of hydrogen-bond acceptors (Lipinski definition) is 3. The Balaban J connectivity index is 1.89. The Morgan fingerprint density at radius 3 is 2.73 bits per heavy atom. The van der Waals surface area contributed by atoms with Crippen molar-refractivity contribution in [2.24, 2.45) is 5.92 Å². The minimum atomic E-state index is -0.378. The molecule has 2 aromatic carbocycles. The molecule has 0 aliphatic heterocycles. The number of carbonyl (C=O) groups excluding carboxylic acids is 1. The van der Waals surface area contributed by atoms with Gasteiger partial charge in [-0.1, -0.05) is 37.3 Å². The van der Waals surface area contributed by atoms with Gasteiger partial charge < -0.3 is 15.5 Å². The molecule has 1 aliphatic carbocycles. The average Bonchev–Trinajstić information content (AvgIpc) is 2.52. The molecule has 0 heterocycles. The molecule has 22 heavy (non-hydrogen) atoms. The van der Waals surface area contributed by atoms with Crippen molar-refractivity contribution in [3.05, 3.63) is 59.2 Å². The van der Waals surface area contributed by atoms with Crippen LogP contribution in [0, 0.1) is 5.92 Å². The summed E-state index contributed by atoms with van der Waals surface area (Å²) in [4.78, 5) is 12.5. The van der Waals surface area contributed by atoms with Crippen LogP contribution in [0.15, 0.2) is 42.5 Å². The van der Waals surface area contributed by atoms with Crippen LogP contribution in [0.1, 0.15) is 40.9 Å². The van der Waals surface area contributed by atoms with Crippen molar-refractivity contribution in [3.63, 3.8) is 0 Å². The summed E-state index contributed by atoms with van der Waals surface area (Å²) in [7, 11) is 0. The van der Waals surface area contributed by atoms with Gasteiger partial charge in [0.05, 0.1) is 11.6 Å². The smallest absolute Gasteiger partial charge is 0.255 e. The molecule has 3 N–H and O–H groups in total. The van der Waals surface area contributed by atoms with Crippen LogP contribution >= 0.6 is 0 Å². The van der Waals surface area contributed by atoms with Gasteiger partial charge in [-0.25, -0.2) is 0 Å². The second-order valence-corrected chi connectivity index (χ2v) is 5.84. The van der Waals surface area contributed by atoms with E-state index in [1.54, 1.807) is 6.07 Å². The first-order chi connectivity index (χ1) is 10.6. The minimum Gasteiger partial charge on any atom is -0.504 e. The van der Waals surface area contributed by atoms with Crippen LogP contribution in [0.2, 0.25) is 0 Å². The maximum atomic E-state index is 12.5. The van der Waals surface area contributed by atoms with E-state index in [2.05, 4.69) is 18.3 Å². The zero-order chi connectivity index (χ0) is 15.7. The molecule has 0 saturated heterocycles. The summed E-state index contributed by atoms with van der Waals surface area (Å²) in [5.41, 5.74) is 2.48. The van der Waals surface area contributed by atoms with Gasteiger partial charge in [-0.3, -0.25) is 4.79 Å². The third-order valence-corrected chi connectivity index (χ3v) is 4.37. The van der Waals surface area contributed by atoms with Crippen molar-refractivity contribution >= 4 is 5.91 Å². The second-order valence-electron chi connectivity index (χ2n) is 5.84. The molecule has 1 amide bonds. The summed E-state index contributed by atoms with van der Waals surface area (Å²) in [6.45, 7) is 2.11. The van der Waals surface area contributed by atoms with Crippen molar-refractivity contribution in [2.45, 2.75) is 25.8 Å². The van der Waals surface area contributed by atoms with E-state index >= 15 is 0 Å². The zero-order valence-corrected chi connectivity index (χ0v) is 12.4. The highest BCUT2D eigenvalue weighted by Gasteiger charge is 2.28. The zero-order valence-electron chi connectivity index (χ0n) is 12.4. The topological polar surface area (TPSA) is 69.6 Å². The van der Waals surface area contributed by atoms with Gasteiger partial charge in [-0.15, -0.1) is 0 Å². The fraction of sp³-hybridized carbons (Fsp3) is 0.278. The van der Waals surface area contributed by atoms with Crippen LogP contribution in [0.4, 0.5) is 0 Å². The maximum Gasteiger partial charge on any atom is 0.255 e. The van der Waals surface area contributed by atoms with E-state index in [1.807, 2.05) is 18.2 Å². The Hall–Kier alpha value is -2.49. The van der Waals surface area contributed by atoms with Gasteiger partial charge in [0.2, 0.25) is 0 Å². The third kappa shape index (κ3) is 2.52. The van der Waals surface area contributed by atoms with E-state index in [1.165, 1.54) is 17.7 Å². The molecule has 2 atom stereocenters. The van der Waals surface area contributed by atoms with Crippen LogP contribution in [0.25, 0.3) is 0 Å². The summed E-state index contributed by atoms with van der Waals surface area (Å²) < 4.78 is 0. The monoisotopic (exact) mass is 297 g/mol. The second kappa shape index (κ2) is 5.72. The molecule has 4 nitrogen and oxygen atoms in total. The number of aryl methyl sites for hydroxylation is 1. The van der Waals surface area contributed by atoms with Crippen molar-refractivity contribution in [1.82, 2.24) is 5.32 Å². The summed E-state index contributed by atoms with van der Waals surface area (Å²) in [5.74, 6) is -0.721. The number of hydrogen-bond donors (Lipinski definition) is 3. The van der Waals surface area contributed by atoms with Crippen LogP contribution in [0.3, 0.4) is 0 Å². The molecule has 1 aliphatic rings. The predicted molar refractivity (Wildman–Crippen MR) is 83.9 cm³/mol. The Morgan fingerprint density at radius 1 is 1.14 bits per heavy atom. The van der Waals surface area contributed by atoms with Crippen LogP contribution in [-0.2, 0) is 6.42 Å². The number of para-hydroxylation sites is 1. The molecular formula is C18H19NO3. The van der Waals surface area contributed by atoms with Crippen molar-refractivity contribution in [1.29, 1.82) is 0 Å². The van der Waals surface area contributed by atoms with Crippen LogP contribution in [0.5, 0.6) is 11.5 Å². The van der Waals surface area contributed by atoms with E-state index in [9.17, 15) is 15.0 Å². The number of benzene rings is 2. The first-order valence-corrected chi connectivity index (χ1v) is 7.47. The molecule has 0 radical (unpaired) electrons. The Bertz CT molecular complexity index is 711. The number of amides is 1. The van der Waals surface area contributed by atoms with Gasteiger partial charge in [0.15, 0.2) is 11.5 Å². The lowest BCUT2D eigenvalue weighted by molar-refractivity contribution is 0.0916. The van der Waals surface area contributed by atoms with E-state index in [0.717, 1.165) is 18.4 Å². The maximum absolute atomic E-state index is 12.5. The summed E-state index contributed by atoms with van der Waals surface area (Å²) in [5, 5.41) is 22.4. The number of carbonyl (C=O) groups is 1. The van der Waals surface area contributed by atoms with Crippen molar-refractivity contribution in [3.8, 4) is 11.5 Å².